The van der Waals surface area contributed by atoms with E-state index in [1.54, 1.807) is 31.3 Å². The maximum atomic E-state index is 13.5. The molecule has 2 atom stereocenters. The maximum Gasteiger partial charge on any atom is 0.249 e. The standard InChI is InChI=1S/C20H20FN3O4S/c1-11-15-7-12(16-9-23-17-8-13(21)4-5-14(16)17)3-6-19(15)29(27,28)24(11)10-18(25)20(26)22-2/h3-9,11,18,23,25H,10H2,1-2H3,(H,22,26). The molecule has 0 spiro atoms. The smallest absolute Gasteiger partial charge is 0.249 e. The van der Waals surface area contributed by atoms with Crippen molar-refractivity contribution < 1.29 is 22.7 Å². The summed E-state index contributed by atoms with van der Waals surface area (Å²) in [7, 11) is -2.45. The highest BCUT2D eigenvalue weighted by molar-refractivity contribution is 7.89. The Morgan fingerprint density at radius 2 is 2.07 bits per heavy atom. The molecule has 3 N–H and O–H groups in total. The number of sulfonamides is 1. The van der Waals surface area contributed by atoms with E-state index in [1.165, 1.54) is 25.2 Å². The van der Waals surface area contributed by atoms with Crippen molar-refractivity contribution in [2.45, 2.75) is 24.0 Å². The van der Waals surface area contributed by atoms with E-state index in [2.05, 4.69) is 10.3 Å². The minimum Gasteiger partial charge on any atom is -0.382 e. The van der Waals surface area contributed by atoms with Crippen LogP contribution < -0.4 is 5.32 Å². The van der Waals surface area contributed by atoms with E-state index in [4.69, 9.17) is 0 Å². The highest BCUT2D eigenvalue weighted by Gasteiger charge is 2.42. The molecule has 2 heterocycles. The molecule has 1 aromatic heterocycles. The van der Waals surface area contributed by atoms with Gasteiger partial charge in [0.1, 0.15) is 11.9 Å². The molecule has 9 heteroatoms. The van der Waals surface area contributed by atoms with Crippen LogP contribution >= 0.6 is 0 Å². The molecule has 0 radical (unpaired) electrons. The van der Waals surface area contributed by atoms with Crippen molar-refractivity contribution in [3.05, 3.63) is 54.0 Å². The number of hydrogen-bond acceptors (Lipinski definition) is 4. The van der Waals surface area contributed by atoms with Crippen LogP contribution in [0.3, 0.4) is 0 Å². The van der Waals surface area contributed by atoms with Gasteiger partial charge in [-0.3, -0.25) is 4.79 Å². The molecule has 2 unspecified atom stereocenters. The van der Waals surface area contributed by atoms with Crippen LogP contribution in [-0.4, -0.2) is 48.4 Å². The number of H-pyrrole nitrogens is 1. The number of benzene rings is 2. The van der Waals surface area contributed by atoms with Crippen LogP contribution in [0, 0.1) is 5.82 Å². The van der Waals surface area contributed by atoms with E-state index < -0.39 is 28.1 Å². The number of amides is 1. The van der Waals surface area contributed by atoms with Crippen LogP contribution in [0.1, 0.15) is 18.5 Å². The first-order chi connectivity index (χ1) is 13.7. The number of carbonyl (C=O) groups is 1. The first kappa shape index (κ1) is 19.6. The molecule has 1 aliphatic heterocycles. The molecule has 1 aliphatic rings. The first-order valence-electron chi connectivity index (χ1n) is 9.06. The van der Waals surface area contributed by atoms with Gasteiger partial charge in [-0.1, -0.05) is 6.07 Å². The first-order valence-corrected chi connectivity index (χ1v) is 10.5. The lowest BCUT2D eigenvalue weighted by Crippen LogP contribution is -2.42. The summed E-state index contributed by atoms with van der Waals surface area (Å²) in [5.74, 6) is -0.986. The number of aliphatic hydroxyl groups is 1. The lowest BCUT2D eigenvalue weighted by Gasteiger charge is -2.22. The third-order valence-electron chi connectivity index (χ3n) is 5.34. The fourth-order valence-corrected chi connectivity index (χ4v) is 5.67. The predicted molar refractivity (Wildman–Crippen MR) is 106 cm³/mol. The Hall–Kier alpha value is -2.75. The Balaban J connectivity index is 1.74. The number of fused-ring (bicyclic) bond motifs is 2. The summed E-state index contributed by atoms with van der Waals surface area (Å²) in [6.07, 6.45) is 0.294. The highest BCUT2D eigenvalue weighted by Crippen LogP contribution is 2.42. The number of β-amino-alcohol motifs (C(OH)–C–C–N with tert-alkyl or cyclic N) is 1. The Labute approximate surface area is 167 Å². The monoisotopic (exact) mass is 417 g/mol. The molecule has 4 rings (SSSR count). The summed E-state index contributed by atoms with van der Waals surface area (Å²) in [6.45, 7) is 1.38. The van der Waals surface area contributed by atoms with Crippen molar-refractivity contribution in [1.82, 2.24) is 14.6 Å². The number of halogens is 1. The Morgan fingerprint density at radius 3 is 2.79 bits per heavy atom. The molecule has 0 saturated carbocycles. The van der Waals surface area contributed by atoms with Gasteiger partial charge >= 0.3 is 0 Å². The van der Waals surface area contributed by atoms with Crippen molar-refractivity contribution in [1.29, 1.82) is 0 Å². The van der Waals surface area contributed by atoms with Gasteiger partial charge in [0.25, 0.3) is 0 Å². The zero-order chi connectivity index (χ0) is 20.9. The molecule has 0 aliphatic carbocycles. The van der Waals surface area contributed by atoms with Crippen LogP contribution in [-0.2, 0) is 14.8 Å². The molecular formula is C20H20FN3O4S. The topological polar surface area (TPSA) is 102 Å². The Morgan fingerprint density at radius 1 is 1.31 bits per heavy atom. The van der Waals surface area contributed by atoms with Gasteiger partial charge in [-0.2, -0.15) is 4.31 Å². The molecule has 0 bridgehead atoms. The lowest BCUT2D eigenvalue weighted by molar-refractivity contribution is -0.129. The number of aliphatic hydroxyl groups excluding tert-OH is 1. The number of aromatic nitrogens is 1. The van der Waals surface area contributed by atoms with E-state index in [1.807, 2.05) is 0 Å². The number of carbonyl (C=O) groups excluding carboxylic acids is 1. The van der Waals surface area contributed by atoms with Crippen molar-refractivity contribution >= 4 is 26.8 Å². The summed E-state index contributed by atoms with van der Waals surface area (Å²) in [6, 6.07) is 8.94. The van der Waals surface area contributed by atoms with E-state index in [0.717, 1.165) is 20.8 Å². The largest absolute Gasteiger partial charge is 0.382 e. The molecule has 29 heavy (non-hydrogen) atoms. The van der Waals surface area contributed by atoms with E-state index in [-0.39, 0.29) is 17.3 Å². The third-order valence-corrected chi connectivity index (χ3v) is 7.35. The van der Waals surface area contributed by atoms with Gasteiger partial charge in [-0.05, 0) is 48.4 Å². The molecule has 2 aromatic carbocycles. The predicted octanol–water partition coefficient (Wildman–Crippen LogP) is 2.15. The molecule has 7 nitrogen and oxygen atoms in total. The fraction of sp³-hybridized carbons (Fsp3) is 0.250. The molecular weight excluding hydrogens is 397 g/mol. The molecule has 0 fully saturated rings. The molecule has 1 amide bonds. The van der Waals surface area contributed by atoms with Gasteiger partial charge in [-0.15, -0.1) is 0 Å². The van der Waals surface area contributed by atoms with Gasteiger partial charge in [0.05, 0.1) is 4.90 Å². The second-order valence-electron chi connectivity index (χ2n) is 7.03. The van der Waals surface area contributed by atoms with E-state index in [9.17, 15) is 22.7 Å². The SMILES string of the molecule is CNC(=O)C(O)CN1C(C)c2cc(-c3c[nH]c4cc(F)ccc34)ccc2S1(=O)=O. The third kappa shape index (κ3) is 3.11. The summed E-state index contributed by atoms with van der Waals surface area (Å²) < 4.78 is 40.4. The van der Waals surface area contributed by atoms with Crippen LogP contribution in [0.5, 0.6) is 0 Å². The number of nitrogens with one attached hydrogen (secondary N) is 2. The van der Waals surface area contributed by atoms with E-state index >= 15 is 0 Å². The lowest BCUT2D eigenvalue weighted by atomic mass is 9.99. The highest BCUT2D eigenvalue weighted by atomic mass is 32.2. The Kier molecular flexibility index (Phi) is 4.68. The summed E-state index contributed by atoms with van der Waals surface area (Å²) in [4.78, 5) is 14.8. The minimum absolute atomic E-state index is 0.156. The summed E-state index contributed by atoms with van der Waals surface area (Å²) in [5.41, 5.74) is 2.85. The number of aromatic amines is 1. The second kappa shape index (κ2) is 6.94. The quantitative estimate of drug-likeness (QED) is 0.605. The molecule has 3 aromatic rings. The maximum absolute atomic E-state index is 13.5. The normalized spacial score (nSPS) is 19.2. The van der Waals surface area contributed by atoms with Crippen LogP contribution in [0.4, 0.5) is 4.39 Å². The summed E-state index contributed by atoms with van der Waals surface area (Å²) in [5, 5.41) is 13.1. The van der Waals surface area contributed by atoms with Crippen molar-refractivity contribution in [2.75, 3.05) is 13.6 Å². The van der Waals surface area contributed by atoms with Gasteiger partial charge in [0, 0.05) is 42.3 Å². The van der Waals surface area contributed by atoms with Gasteiger partial charge in [-0.25, -0.2) is 12.8 Å². The zero-order valence-electron chi connectivity index (χ0n) is 15.8. The van der Waals surface area contributed by atoms with Crippen molar-refractivity contribution in [3.8, 4) is 11.1 Å². The Bertz CT molecular complexity index is 1220. The van der Waals surface area contributed by atoms with Gasteiger partial charge in [0.2, 0.25) is 15.9 Å². The van der Waals surface area contributed by atoms with E-state index in [0.29, 0.717) is 11.1 Å². The van der Waals surface area contributed by atoms with Crippen molar-refractivity contribution in [2.24, 2.45) is 0 Å². The average Bonchev–Trinajstić information content (AvgIpc) is 3.19. The number of rotatable bonds is 4. The molecule has 0 saturated heterocycles. The fourth-order valence-electron chi connectivity index (χ4n) is 3.78. The average molecular weight is 417 g/mol. The minimum atomic E-state index is -3.83. The van der Waals surface area contributed by atoms with Crippen LogP contribution in [0.25, 0.3) is 22.0 Å². The number of hydrogen-bond donors (Lipinski definition) is 3. The summed E-state index contributed by atoms with van der Waals surface area (Å²) >= 11 is 0. The molecule has 152 valence electrons. The van der Waals surface area contributed by atoms with Crippen LogP contribution in [0.15, 0.2) is 47.5 Å². The number of nitrogens with zero attached hydrogens (tertiary/aromatic N) is 1. The zero-order valence-corrected chi connectivity index (χ0v) is 16.6. The van der Waals surface area contributed by atoms with Gasteiger partial charge in [0.15, 0.2) is 0 Å². The number of likely N-dealkylation sites (N-methyl/N-ethyl adjacent to an activating group) is 1. The van der Waals surface area contributed by atoms with Crippen molar-refractivity contribution in [3.63, 3.8) is 0 Å². The van der Waals surface area contributed by atoms with Gasteiger partial charge < -0.3 is 15.4 Å². The van der Waals surface area contributed by atoms with Crippen LogP contribution in [0.2, 0.25) is 0 Å². The second-order valence-corrected chi connectivity index (χ2v) is 8.88.